The number of ether oxygens (including phenoxy) is 1. The third-order valence-electron chi connectivity index (χ3n) is 3.44. The molecular weight excluding hydrogens is 322 g/mol. The van der Waals surface area contributed by atoms with Crippen molar-refractivity contribution in [1.29, 1.82) is 0 Å². The van der Waals surface area contributed by atoms with Gasteiger partial charge in [0.05, 0.1) is 18.8 Å². The highest BCUT2D eigenvalue weighted by atomic mass is 32.1. The summed E-state index contributed by atoms with van der Waals surface area (Å²) in [5, 5.41) is 7.63. The minimum absolute atomic E-state index is 0.600. The van der Waals surface area contributed by atoms with E-state index < -0.39 is 0 Å². The lowest BCUT2D eigenvalue weighted by Crippen LogP contribution is -2.36. The number of nitrogens with zero attached hydrogens (tertiary/aromatic N) is 3. The lowest BCUT2D eigenvalue weighted by molar-refractivity contribution is 0.301. The maximum Gasteiger partial charge on any atom is 0.218 e. The second-order valence-electron chi connectivity index (χ2n) is 5.34. The van der Waals surface area contributed by atoms with Gasteiger partial charge >= 0.3 is 0 Å². The summed E-state index contributed by atoms with van der Waals surface area (Å²) >= 11 is 1.71. The summed E-state index contributed by atoms with van der Waals surface area (Å²) in [4.78, 5) is 14.3. The Hall–Kier alpha value is -2.15. The van der Waals surface area contributed by atoms with Crippen LogP contribution in [0.2, 0.25) is 0 Å². The molecule has 2 heterocycles. The van der Waals surface area contributed by atoms with Crippen molar-refractivity contribution in [3.05, 3.63) is 39.5 Å². The minimum Gasteiger partial charge on any atom is -0.477 e. The summed E-state index contributed by atoms with van der Waals surface area (Å²) in [5.41, 5.74) is 2.10. The summed E-state index contributed by atoms with van der Waals surface area (Å²) < 4.78 is 5.68. The van der Waals surface area contributed by atoms with Crippen LogP contribution in [0.5, 0.6) is 5.88 Å². The van der Waals surface area contributed by atoms with Crippen molar-refractivity contribution in [3.8, 4) is 5.88 Å². The SMILES string of the molecule is CCCOc1ncccc1CNC(=NC)NCc1nc(C)c(C)s1. The van der Waals surface area contributed by atoms with Gasteiger partial charge < -0.3 is 15.4 Å². The van der Waals surface area contributed by atoms with Gasteiger partial charge in [-0.2, -0.15) is 0 Å². The maximum atomic E-state index is 5.68. The minimum atomic E-state index is 0.600. The third-order valence-corrected chi connectivity index (χ3v) is 4.52. The highest BCUT2D eigenvalue weighted by Crippen LogP contribution is 2.16. The Kier molecular flexibility index (Phi) is 6.99. The van der Waals surface area contributed by atoms with Gasteiger partial charge in [-0.15, -0.1) is 11.3 Å². The van der Waals surface area contributed by atoms with E-state index in [-0.39, 0.29) is 0 Å². The molecule has 0 unspecified atom stereocenters. The van der Waals surface area contributed by atoms with E-state index in [0.717, 1.165) is 28.6 Å². The number of hydrogen-bond donors (Lipinski definition) is 2. The molecule has 0 amide bonds. The first-order valence-corrected chi connectivity index (χ1v) is 8.89. The standard InChI is InChI=1S/C17H25N5OS/c1-5-9-23-16-14(7-6-8-19-16)10-20-17(18-4)21-11-15-22-12(2)13(3)24-15/h6-8H,5,9-11H2,1-4H3,(H2,18,20,21). The fourth-order valence-electron chi connectivity index (χ4n) is 2.06. The van der Waals surface area contributed by atoms with Crippen molar-refractivity contribution in [1.82, 2.24) is 20.6 Å². The number of pyridine rings is 1. The predicted octanol–water partition coefficient (Wildman–Crippen LogP) is 2.81. The number of aliphatic imine (C=N–C) groups is 1. The molecule has 0 atom stereocenters. The summed E-state index contributed by atoms with van der Waals surface area (Å²) in [5.74, 6) is 1.40. The van der Waals surface area contributed by atoms with Crippen LogP contribution in [-0.4, -0.2) is 29.6 Å². The fraction of sp³-hybridized carbons (Fsp3) is 0.471. The van der Waals surface area contributed by atoms with E-state index in [4.69, 9.17) is 4.74 Å². The van der Waals surface area contributed by atoms with Gasteiger partial charge in [0.1, 0.15) is 5.01 Å². The van der Waals surface area contributed by atoms with Gasteiger partial charge in [-0.25, -0.2) is 9.97 Å². The quantitative estimate of drug-likeness (QED) is 0.595. The van der Waals surface area contributed by atoms with Gasteiger partial charge in [-0.3, -0.25) is 4.99 Å². The largest absolute Gasteiger partial charge is 0.477 e. The molecule has 0 aliphatic heterocycles. The van der Waals surface area contributed by atoms with Crippen LogP contribution in [0.3, 0.4) is 0 Å². The Bertz CT molecular complexity index is 664. The van der Waals surface area contributed by atoms with Gasteiger partial charge in [0.2, 0.25) is 5.88 Å². The molecular formula is C17H25N5OS. The zero-order valence-electron chi connectivity index (χ0n) is 14.7. The number of aryl methyl sites for hydroxylation is 2. The van der Waals surface area contributed by atoms with Gasteiger partial charge in [0.25, 0.3) is 0 Å². The first-order valence-electron chi connectivity index (χ1n) is 8.08. The van der Waals surface area contributed by atoms with Crippen molar-refractivity contribution < 1.29 is 4.74 Å². The molecule has 2 N–H and O–H groups in total. The van der Waals surface area contributed by atoms with E-state index in [0.29, 0.717) is 25.6 Å². The average molecular weight is 347 g/mol. The fourth-order valence-corrected chi connectivity index (χ4v) is 2.93. The normalized spacial score (nSPS) is 11.4. The maximum absolute atomic E-state index is 5.68. The monoisotopic (exact) mass is 347 g/mol. The number of thiazole rings is 1. The first-order chi connectivity index (χ1) is 11.6. The number of nitrogens with one attached hydrogen (secondary N) is 2. The zero-order chi connectivity index (χ0) is 17.4. The molecule has 0 aliphatic rings. The van der Waals surface area contributed by atoms with Gasteiger partial charge in [-0.05, 0) is 26.3 Å². The molecule has 6 nitrogen and oxygen atoms in total. The van der Waals surface area contributed by atoms with Crippen molar-refractivity contribution in [3.63, 3.8) is 0 Å². The van der Waals surface area contributed by atoms with Gasteiger partial charge in [0, 0.05) is 30.2 Å². The number of hydrogen-bond acceptors (Lipinski definition) is 5. The number of rotatable bonds is 7. The van der Waals surface area contributed by atoms with E-state index >= 15 is 0 Å². The molecule has 24 heavy (non-hydrogen) atoms. The second kappa shape index (κ2) is 9.22. The van der Waals surface area contributed by atoms with E-state index in [1.165, 1.54) is 4.88 Å². The van der Waals surface area contributed by atoms with E-state index in [2.05, 4.69) is 39.4 Å². The van der Waals surface area contributed by atoms with E-state index in [9.17, 15) is 0 Å². The molecule has 130 valence electrons. The highest BCUT2D eigenvalue weighted by Gasteiger charge is 2.07. The van der Waals surface area contributed by atoms with Crippen molar-refractivity contribution in [2.75, 3.05) is 13.7 Å². The van der Waals surface area contributed by atoms with Crippen LogP contribution in [-0.2, 0) is 13.1 Å². The van der Waals surface area contributed by atoms with E-state index in [1.807, 2.05) is 19.1 Å². The summed E-state index contributed by atoms with van der Waals surface area (Å²) in [7, 11) is 1.76. The molecule has 2 aromatic heterocycles. The summed E-state index contributed by atoms with van der Waals surface area (Å²) in [6.07, 6.45) is 2.70. The Morgan fingerprint density at radius 2 is 2.08 bits per heavy atom. The number of aromatic nitrogens is 2. The molecule has 0 bridgehead atoms. The van der Waals surface area contributed by atoms with Crippen LogP contribution >= 0.6 is 11.3 Å². The highest BCUT2D eigenvalue weighted by molar-refractivity contribution is 7.11. The molecule has 2 aromatic rings. The molecule has 0 aliphatic carbocycles. The smallest absolute Gasteiger partial charge is 0.218 e. The molecule has 0 saturated carbocycles. The van der Waals surface area contributed by atoms with Crippen molar-refractivity contribution in [2.24, 2.45) is 4.99 Å². The van der Waals surface area contributed by atoms with E-state index in [1.54, 1.807) is 24.6 Å². The van der Waals surface area contributed by atoms with Crippen LogP contribution in [0.4, 0.5) is 0 Å². The number of guanidine groups is 1. The van der Waals surface area contributed by atoms with Crippen LogP contribution in [0.15, 0.2) is 23.3 Å². The molecule has 0 spiro atoms. The van der Waals surface area contributed by atoms with Crippen LogP contribution in [0.25, 0.3) is 0 Å². The van der Waals surface area contributed by atoms with Gasteiger partial charge in [0.15, 0.2) is 5.96 Å². The Balaban J connectivity index is 1.89. The van der Waals surface area contributed by atoms with Crippen LogP contribution in [0, 0.1) is 13.8 Å². The average Bonchev–Trinajstić information content (AvgIpc) is 2.92. The lowest BCUT2D eigenvalue weighted by atomic mass is 10.2. The Morgan fingerprint density at radius 3 is 2.75 bits per heavy atom. The molecule has 0 saturated heterocycles. The lowest BCUT2D eigenvalue weighted by Gasteiger charge is -2.13. The summed E-state index contributed by atoms with van der Waals surface area (Å²) in [6.45, 7) is 8.12. The third kappa shape index (κ3) is 5.19. The predicted molar refractivity (Wildman–Crippen MR) is 98.6 cm³/mol. The van der Waals surface area contributed by atoms with Crippen molar-refractivity contribution in [2.45, 2.75) is 40.3 Å². The van der Waals surface area contributed by atoms with Gasteiger partial charge in [-0.1, -0.05) is 13.0 Å². The molecule has 0 aromatic carbocycles. The molecule has 0 radical (unpaired) electrons. The zero-order valence-corrected chi connectivity index (χ0v) is 15.5. The molecule has 0 fully saturated rings. The Morgan fingerprint density at radius 1 is 1.29 bits per heavy atom. The topological polar surface area (TPSA) is 71.4 Å². The van der Waals surface area contributed by atoms with Crippen LogP contribution in [0.1, 0.15) is 34.5 Å². The van der Waals surface area contributed by atoms with Crippen molar-refractivity contribution >= 4 is 17.3 Å². The second-order valence-corrected chi connectivity index (χ2v) is 6.63. The Labute approximate surface area is 147 Å². The molecule has 2 rings (SSSR count). The summed E-state index contributed by atoms with van der Waals surface area (Å²) in [6, 6.07) is 3.92. The first kappa shape index (κ1) is 18.2. The van der Waals surface area contributed by atoms with Crippen LogP contribution < -0.4 is 15.4 Å². The molecule has 7 heteroatoms.